The lowest BCUT2D eigenvalue weighted by Gasteiger charge is -2.33. The van der Waals surface area contributed by atoms with Gasteiger partial charge in [-0.05, 0) is 71.8 Å². The third-order valence-corrected chi connectivity index (χ3v) is 4.69. The van der Waals surface area contributed by atoms with E-state index in [0.717, 1.165) is 13.1 Å². The molecule has 0 aromatic heterocycles. The molecule has 0 radical (unpaired) electrons. The van der Waals surface area contributed by atoms with Crippen LogP contribution in [0.5, 0.6) is 0 Å². The summed E-state index contributed by atoms with van der Waals surface area (Å²) in [4.78, 5) is 2.56. The van der Waals surface area contributed by atoms with Crippen LogP contribution in [0.15, 0.2) is 54.6 Å². The predicted octanol–water partition coefficient (Wildman–Crippen LogP) is 4.37. The minimum absolute atomic E-state index is 0.558. The van der Waals surface area contributed by atoms with Gasteiger partial charge in [0.15, 0.2) is 0 Å². The maximum absolute atomic E-state index is 3.68. The monoisotopic (exact) mass is 392 g/mol. The summed E-state index contributed by atoms with van der Waals surface area (Å²) in [5.74, 6) is 0. The molecule has 1 aliphatic rings. The van der Waals surface area contributed by atoms with Crippen LogP contribution in [0.1, 0.15) is 18.4 Å². The van der Waals surface area contributed by atoms with Crippen LogP contribution < -0.4 is 5.32 Å². The fourth-order valence-electron chi connectivity index (χ4n) is 2.94. The van der Waals surface area contributed by atoms with Gasteiger partial charge in [0.25, 0.3) is 0 Å². The first-order valence-electron chi connectivity index (χ1n) is 7.58. The van der Waals surface area contributed by atoms with E-state index in [0.29, 0.717) is 6.04 Å². The molecule has 3 rings (SSSR count). The van der Waals surface area contributed by atoms with Crippen molar-refractivity contribution in [3.8, 4) is 0 Å². The summed E-state index contributed by atoms with van der Waals surface area (Å²) in [6.07, 6.45) is 2.53. The number of piperidine rings is 1. The molecule has 0 spiro atoms. The van der Waals surface area contributed by atoms with Crippen LogP contribution in [0.2, 0.25) is 0 Å². The van der Waals surface area contributed by atoms with Crippen molar-refractivity contribution in [2.45, 2.75) is 25.4 Å². The van der Waals surface area contributed by atoms with Crippen LogP contribution in [-0.2, 0) is 6.54 Å². The fraction of sp³-hybridized carbons (Fsp3) is 0.333. The SMILES string of the molecule is Ic1ccc(NC2CCCN(Cc3ccccc3)C2)cc1. The largest absolute Gasteiger partial charge is 0.381 e. The number of halogens is 1. The molecule has 1 heterocycles. The summed E-state index contributed by atoms with van der Waals surface area (Å²) < 4.78 is 1.28. The van der Waals surface area contributed by atoms with E-state index < -0.39 is 0 Å². The van der Waals surface area contributed by atoms with Crippen LogP contribution in [-0.4, -0.2) is 24.0 Å². The second-order valence-electron chi connectivity index (χ2n) is 5.71. The number of hydrogen-bond donors (Lipinski definition) is 1. The molecule has 110 valence electrons. The average Bonchev–Trinajstić information content (AvgIpc) is 2.51. The Morgan fingerprint density at radius 2 is 1.81 bits per heavy atom. The van der Waals surface area contributed by atoms with Gasteiger partial charge in [-0.15, -0.1) is 0 Å². The van der Waals surface area contributed by atoms with Gasteiger partial charge in [-0.25, -0.2) is 0 Å². The molecule has 0 aliphatic carbocycles. The first kappa shape index (κ1) is 14.9. The molecule has 3 heteroatoms. The number of hydrogen-bond acceptors (Lipinski definition) is 2. The van der Waals surface area contributed by atoms with Gasteiger partial charge in [0.2, 0.25) is 0 Å². The minimum Gasteiger partial charge on any atom is -0.381 e. The smallest absolute Gasteiger partial charge is 0.0389 e. The summed E-state index contributed by atoms with van der Waals surface area (Å²) >= 11 is 2.35. The van der Waals surface area contributed by atoms with Crippen LogP contribution in [0.25, 0.3) is 0 Å². The molecular formula is C18H21IN2. The Kier molecular flexibility index (Phi) is 5.14. The zero-order valence-corrected chi connectivity index (χ0v) is 14.3. The van der Waals surface area contributed by atoms with Gasteiger partial charge in [0, 0.05) is 28.4 Å². The Balaban J connectivity index is 1.57. The van der Waals surface area contributed by atoms with Crippen molar-refractivity contribution >= 4 is 28.3 Å². The van der Waals surface area contributed by atoms with E-state index in [1.807, 2.05) is 0 Å². The standard InChI is InChI=1S/C18H21IN2/c19-16-8-10-17(11-9-16)20-18-7-4-12-21(14-18)13-15-5-2-1-3-6-15/h1-3,5-6,8-11,18,20H,4,7,12-14H2. The van der Waals surface area contributed by atoms with Crippen LogP contribution >= 0.6 is 22.6 Å². The first-order chi connectivity index (χ1) is 10.3. The molecule has 2 aromatic carbocycles. The molecule has 1 fully saturated rings. The molecule has 1 atom stereocenters. The molecule has 0 bridgehead atoms. The van der Waals surface area contributed by atoms with Gasteiger partial charge in [0.05, 0.1) is 0 Å². The van der Waals surface area contributed by atoms with Crippen molar-refractivity contribution in [2.24, 2.45) is 0 Å². The summed E-state index contributed by atoms with van der Waals surface area (Å²) in [5.41, 5.74) is 2.65. The Labute approximate surface area is 140 Å². The van der Waals surface area contributed by atoms with Crippen LogP contribution in [0.3, 0.4) is 0 Å². The number of benzene rings is 2. The zero-order valence-electron chi connectivity index (χ0n) is 12.1. The fourth-order valence-corrected chi connectivity index (χ4v) is 3.30. The van der Waals surface area contributed by atoms with Crippen LogP contribution in [0.4, 0.5) is 5.69 Å². The summed E-state index contributed by atoms with van der Waals surface area (Å²) in [7, 11) is 0. The highest BCUT2D eigenvalue weighted by molar-refractivity contribution is 14.1. The molecule has 0 saturated carbocycles. The number of nitrogens with zero attached hydrogens (tertiary/aromatic N) is 1. The normalized spacial score (nSPS) is 19.4. The topological polar surface area (TPSA) is 15.3 Å². The predicted molar refractivity (Wildman–Crippen MR) is 97.5 cm³/mol. The van der Waals surface area contributed by atoms with E-state index in [1.165, 1.54) is 34.2 Å². The maximum atomic E-state index is 3.68. The summed E-state index contributed by atoms with van der Waals surface area (Å²) in [6.45, 7) is 3.40. The summed E-state index contributed by atoms with van der Waals surface area (Å²) in [6, 6.07) is 20.0. The molecule has 1 N–H and O–H groups in total. The van der Waals surface area contributed by atoms with Gasteiger partial charge >= 0.3 is 0 Å². The van der Waals surface area contributed by atoms with Crippen molar-refractivity contribution in [1.82, 2.24) is 4.90 Å². The van der Waals surface area contributed by atoms with Gasteiger partial charge in [-0.2, -0.15) is 0 Å². The third-order valence-electron chi connectivity index (χ3n) is 3.97. The highest BCUT2D eigenvalue weighted by Crippen LogP contribution is 2.18. The van der Waals surface area contributed by atoms with Crippen LogP contribution in [0, 0.1) is 3.57 Å². The molecule has 1 aliphatic heterocycles. The molecule has 21 heavy (non-hydrogen) atoms. The number of likely N-dealkylation sites (tertiary alicyclic amines) is 1. The Morgan fingerprint density at radius 3 is 2.57 bits per heavy atom. The molecule has 1 saturated heterocycles. The van der Waals surface area contributed by atoms with E-state index in [9.17, 15) is 0 Å². The van der Waals surface area contributed by atoms with Crippen molar-refractivity contribution < 1.29 is 0 Å². The number of rotatable bonds is 4. The van der Waals surface area contributed by atoms with Crippen molar-refractivity contribution in [2.75, 3.05) is 18.4 Å². The Morgan fingerprint density at radius 1 is 1.05 bits per heavy atom. The van der Waals surface area contributed by atoms with E-state index in [2.05, 4.69) is 87.4 Å². The molecular weight excluding hydrogens is 371 g/mol. The Hall–Kier alpha value is -1.07. The number of nitrogens with one attached hydrogen (secondary N) is 1. The van der Waals surface area contributed by atoms with E-state index in [-0.39, 0.29) is 0 Å². The zero-order chi connectivity index (χ0) is 14.5. The summed E-state index contributed by atoms with van der Waals surface area (Å²) in [5, 5.41) is 3.68. The van der Waals surface area contributed by atoms with Crippen molar-refractivity contribution in [3.05, 3.63) is 63.7 Å². The molecule has 2 nitrogen and oxygen atoms in total. The van der Waals surface area contributed by atoms with E-state index in [4.69, 9.17) is 0 Å². The molecule has 0 amide bonds. The Bertz CT molecular complexity index is 553. The second kappa shape index (κ2) is 7.27. The lowest BCUT2D eigenvalue weighted by molar-refractivity contribution is 0.208. The van der Waals surface area contributed by atoms with E-state index >= 15 is 0 Å². The minimum atomic E-state index is 0.558. The van der Waals surface area contributed by atoms with Gasteiger partial charge in [-0.1, -0.05) is 30.3 Å². The quantitative estimate of drug-likeness (QED) is 0.778. The highest BCUT2D eigenvalue weighted by Gasteiger charge is 2.19. The maximum Gasteiger partial charge on any atom is 0.0389 e. The van der Waals surface area contributed by atoms with Crippen molar-refractivity contribution in [3.63, 3.8) is 0 Å². The molecule has 2 aromatic rings. The lowest BCUT2D eigenvalue weighted by atomic mass is 10.0. The first-order valence-corrected chi connectivity index (χ1v) is 8.66. The third kappa shape index (κ3) is 4.45. The molecule has 1 unspecified atom stereocenters. The lowest BCUT2D eigenvalue weighted by Crippen LogP contribution is -2.41. The average molecular weight is 392 g/mol. The van der Waals surface area contributed by atoms with Gasteiger partial charge in [-0.3, -0.25) is 4.90 Å². The highest BCUT2D eigenvalue weighted by atomic mass is 127. The van der Waals surface area contributed by atoms with E-state index in [1.54, 1.807) is 0 Å². The second-order valence-corrected chi connectivity index (χ2v) is 6.96. The van der Waals surface area contributed by atoms with Crippen molar-refractivity contribution in [1.29, 1.82) is 0 Å². The van der Waals surface area contributed by atoms with Gasteiger partial charge in [0.1, 0.15) is 0 Å². The van der Waals surface area contributed by atoms with Gasteiger partial charge < -0.3 is 5.32 Å². The number of anilines is 1.